The molecular weight excluding hydrogens is 424 g/mol. The molecule has 1 spiro atoms. The first-order valence-corrected chi connectivity index (χ1v) is 13.5. The fourth-order valence-electron chi connectivity index (χ4n) is 8.42. The number of aliphatic hydroxyl groups excluding tert-OH is 1. The smallest absolute Gasteiger partial charge is 0.170 e. The van der Waals surface area contributed by atoms with Crippen LogP contribution >= 0.6 is 11.8 Å². The van der Waals surface area contributed by atoms with Gasteiger partial charge < -0.3 is 19.3 Å². The zero-order valence-electron chi connectivity index (χ0n) is 19.6. The van der Waals surface area contributed by atoms with Crippen LogP contribution in [-0.4, -0.2) is 46.2 Å². The number of aliphatic hydroxyl groups is 1. The van der Waals surface area contributed by atoms with Gasteiger partial charge in [0.25, 0.3) is 0 Å². The summed E-state index contributed by atoms with van der Waals surface area (Å²) < 4.78 is 19.7. The third kappa shape index (κ3) is 2.61. The number of ether oxygens (including phenoxy) is 3. The largest absolute Gasteiger partial charge is 0.484 e. The molecule has 2 bridgehead atoms. The summed E-state index contributed by atoms with van der Waals surface area (Å²) in [6.45, 7) is 12.5. The fourth-order valence-corrected chi connectivity index (χ4v) is 9.24. The van der Waals surface area contributed by atoms with Gasteiger partial charge in [0.15, 0.2) is 11.6 Å². The molecule has 0 aromatic heterocycles. The number of hydrogen-bond donors (Lipinski definition) is 1. The predicted molar refractivity (Wildman–Crippen MR) is 123 cm³/mol. The van der Waals surface area contributed by atoms with Crippen molar-refractivity contribution in [3.05, 3.63) is 23.5 Å². The van der Waals surface area contributed by atoms with Crippen LogP contribution in [0.25, 0.3) is 0 Å². The summed E-state index contributed by atoms with van der Waals surface area (Å²) in [6.07, 6.45) is 3.38. The van der Waals surface area contributed by atoms with E-state index in [-0.39, 0.29) is 41.0 Å². The van der Waals surface area contributed by atoms with E-state index in [1.165, 1.54) is 5.57 Å². The second kappa shape index (κ2) is 7.10. The van der Waals surface area contributed by atoms with E-state index >= 15 is 0 Å². The number of carbonyl (C=O) groups is 1. The quantitative estimate of drug-likeness (QED) is 0.615. The van der Waals surface area contributed by atoms with Gasteiger partial charge in [0.2, 0.25) is 0 Å². The summed E-state index contributed by atoms with van der Waals surface area (Å²) in [5.74, 6) is 1.86. The van der Waals surface area contributed by atoms with Gasteiger partial charge in [-0.25, -0.2) is 0 Å². The Morgan fingerprint density at radius 3 is 2.69 bits per heavy atom. The Balaban J connectivity index is 1.51. The van der Waals surface area contributed by atoms with Gasteiger partial charge in [0.05, 0.1) is 17.6 Å². The summed E-state index contributed by atoms with van der Waals surface area (Å²) in [6, 6.07) is 0. The van der Waals surface area contributed by atoms with Crippen LogP contribution in [0.5, 0.6) is 0 Å². The minimum Gasteiger partial charge on any atom is -0.484 e. The molecule has 0 amide bonds. The molecule has 6 heteroatoms. The van der Waals surface area contributed by atoms with Gasteiger partial charge in [-0.1, -0.05) is 20.4 Å². The van der Waals surface area contributed by atoms with Crippen LogP contribution in [0, 0.1) is 35.0 Å². The number of rotatable bonds is 2. The van der Waals surface area contributed by atoms with Gasteiger partial charge in [0.1, 0.15) is 17.3 Å². The standard InChI is InChI=1S/C26H36O5S/c1-6-32-17-10-7-14-11-12(2)18-19(21(14)29-17)16-9-8-15-13(3)22(28)26(16)23(15)30-25(4,5)31-24(26)20(18)27/h12,15-20,23-24,27H,3,6-11H2,1-2,4-5H3. The molecule has 32 heavy (non-hydrogen) atoms. The monoisotopic (exact) mass is 460 g/mol. The Bertz CT molecular complexity index is 895. The molecule has 6 rings (SSSR count). The van der Waals surface area contributed by atoms with Gasteiger partial charge in [-0.3, -0.25) is 4.79 Å². The van der Waals surface area contributed by atoms with Crippen molar-refractivity contribution >= 4 is 17.5 Å². The van der Waals surface area contributed by atoms with Gasteiger partial charge in [-0.05, 0) is 74.7 Å². The molecule has 3 saturated carbocycles. The molecule has 1 N–H and O–H groups in total. The topological polar surface area (TPSA) is 65.0 Å². The average molecular weight is 461 g/mol. The number of Topliss-reactive ketones (excluding diaryl/α,β-unsaturated/α-hetero) is 1. The van der Waals surface area contributed by atoms with Crippen molar-refractivity contribution in [1.82, 2.24) is 0 Å². The summed E-state index contributed by atoms with van der Waals surface area (Å²) in [5.41, 5.74) is 1.41. The van der Waals surface area contributed by atoms with Gasteiger partial charge >= 0.3 is 0 Å². The Morgan fingerprint density at radius 2 is 1.94 bits per heavy atom. The second-order valence-corrected chi connectivity index (χ2v) is 12.8. The van der Waals surface area contributed by atoms with Crippen LogP contribution in [0.3, 0.4) is 0 Å². The highest BCUT2D eigenvalue weighted by Gasteiger charge is 2.77. The number of allylic oxidation sites excluding steroid dienone is 2. The fraction of sp³-hybridized carbons (Fsp3) is 0.808. The van der Waals surface area contributed by atoms with Gasteiger partial charge in [-0.15, -0.1) is 11.8 Å². The van der Waals surface area contributed by atoms with E-state index < -0.39 is 23.4 Å². The van der Waals surface area contributed by atoms with Crippen molar-refractivity contribution < 1.29 is 24.1 Å². The molecule has 2 aliphatic heterocycles. The SMILES string of the molecule is C=C1C(=O)C23C4CCC1C2OC(C)(C)OC3C(O)C1C(C)CC2=C(OC(SCC)CC2)C14. The maximum absolute atomic E-state index is 14.0. The van der Waals surface area contributed by atoms with Crippen molar-refractivity contribution in [1.29, 1.82) is 0 Å². The zero-order valence-corrected chi connectivity index (χ0v) is 20.5. The van der Waals surface area contributed by atoms with E-state index in [9.17, 15) is 9.90 Å². The Morgan fingerprint density at radius 1 is 1.19 bits per heavy atom. The highest BCUT2D eigenvalue weighted by molar-refractivity contribution is 7.99. The molecule has 4 aliphatic carbocycles. The van der Waals surface area contributed by atoms with Crippen molar-refractivity contribution in [3.63, 3.8) is 0 Å². The van der Waals surface area contributed by atoms with Crippen molar-refractivity contribution in [2.75, 3.05) is 5.75 Å². The number of fused-ring (bicyclic) bond motifs is 3. The Kier molecular flexibility index (Phi) is 4.81. The third-order valence-electron chi connectivity index (χ3n) is 9.39. The van der Waals surface area contributed by atoms with E-state index in [1.807, 2.05) is 25.6 Å². The van der Waals surface area contributed by atoms with E-state index in [4.69, 9.17) is 14.2 Å². The van der Waals surface area contributed by atoms with Crippen molar-refractivity contribution in [2.45, 2.75) is 89.3 Å². The molecular formula is C26H36O5S. The molecule has 6 aliphatic rings. The third-order valence-corrected chi connectivity index (χ3v) is 10.4. The van der Waals surface area contributed by atoms with Crippen LogP contribution in [0.4, 0.5) is 0 Å². The minimum absolute atomic E-state index is 0.0262. The van der Waals surface area contributed by atoms with Crippen LogP contribution < -0.4 is 0 Å². The molecule has 1 saturated heterocycles. The first-order valence-electron chi connectivity index (χ1n) is 12.5. The Labute approximate surface area is 195 Å². The highest BCUT2D eigenvalue weighted by Crippen LogP contribution is 2.69. The normalized spacial score (nSPS) is 51.0. The van der Waals surface area contributed by atoms with E-state index in [0.29, 0.717) is 11.5 Å². The van der Waals surface area contributed by atoms with Crippen LogP contribution in [-0.2, 0) is 19.0 Å². The summed E-state index contributed by atoms with van der Waals surface area (Å²) >= 11 is 1.86. The summed E-state index contributed by atoms with van der Waals surface area (Å²) in [7, 11) is 0. The lowest BCUT2D eigenvalue weighted by Crippen LogP contribution is -2.73. The molecule has 176 valence electrons. The first-order chi connectivity index (χ1) is 15.2. The molecule has 5 nitrogen and oxygen atoms in total. The van der Waals surface area contributed by atoms with Gasteiger partial charge in [0, 0.05) is 17.8 Å². The highest BCUT2D eigenvalue weighted by atomic mass is 32.2. The van der Waals surface area contributed by atoms with Crippen LogP contribution in [0.1, 0.15) is 59.8 Å². The number of ketones is 1. The van der Waals surface area contributed by atoms with E-state index in [0.717, 1.165) is 43.6 Å². The molecule has 0 aromatic rings. The molecule has 0 radical (unpaired) electrons. The molecule has 0 aromatic carbocycles. The molecule has 10 atom stereocenters. The number of thioether (sulfide) groups is 1. The van der Waals surface area contributed by atoms with Crippen molar-refractivity contribution in [2.24, 2.45) is 35.0 Å². The maximum Gasteiger partial charge on any atom is 0.170 e. The molecule has 2 heterocycles. The summed E-state index contributed by atoms with van der Waals surface area (Å²) in [5, 5.41) is 11.9. The van der Waals surface area contributed by atoms with Gasteiger partial charge in [-0.2, -0.15) is 0 Å². The minimum atomic E-state index is -0.848. The average Bonchev–Trinajstić information content (AvgIpc) is 2.86. The van der Waals surface area contributed by atoms with E-state index in [1.54, 1.807) is 0 Å². The van der Waals surface area contributed by atoms with Crippen molar-refractivity contribution in [3.8, 4) is 0 Å². The number of carbonyl (C=O) groups excluding carboxylic acids is 1. The Hall–Kier alpha value is -0.820. The predicted octanol–water partition coefficient (Wildman–Crippen LogP) is 4.45. The number of hydrogen-bond acceptors (Lipinski definition) is 6. The van der Waals surface area contributed by atoms with Crippen LogP contribution in [0.2, 0.25) is 0 Å². The first kappa shape index (κ1) is 21.7. The lowest BCUT2D eigenvalue weighted by Gasteiger charge is -2.65. The lowest BCUT2D eigenvalue weighted by atomic mass is 9.46. The molecule has 4 fully saturated rings. The van der Waals surface area contributed by atoms with E-state index in [2.05, 4.69) is 20.4 Å². The maximum atomic E-state index is 14.0. The lowest BCUT2D eigenvalue weighted by molar-refractivity contribution is -0.386. The molecule has 10 unspecified atom stereocenters. The second-order valence-electron chi connectivity index (χ2n) is 11.3. The summed E-state index contributed by atoms with van der Waals surface area (Å²) in [4.78, 5) is 14.0. The van der Waals surface area contributed by atoms with Crippen LogP contribution in [0.15, 0.2) is 23.5 Å². The zero-order chi connectivity index (χ0) is 22.6.